The summed E-state index contributed by atoms with van der Waals surface area (Å²) in [5.74, 6) is 0.949. The van der Waals surface area contributed by atoms with Crippen molar-refractivity contribution < 1.29 is 9.32 Å². The van der Waals surface area contributed by atoms with Gasteiger partial charge in [-0.1, -0.05) is 12.1 Å². The van der Waals surface area contributed by atoms with Gasteiger partial charge in [-0.05, 0) is 47.0 Å². The first-order chi connectivity index (χ1) is 9.52. The van der Waals surface area contributed by atoms with Crippen LogP contribution in [0.25, 0.3) is 0 Å². The molecule has 0 saturated carbocycles. The number of rotatable bonds is 4. The fourth-order valence-corrected chi connectivity index (χ4v) is 2.71. The van der Waals surface area contributed by atoms with E-state index in [1.54, 1.807) is 6.92 Å². The zero-order chi connectivity index (χ0) is 14.7. The summed E-state index contributed by atoms with van der Waals surface area (Å²) in [7, 11) is 4.19. The first kappa shape index (κ1) is 15.1. The molecule has 0 bridgehead atoms. The summed E-state index contributed by atoms with van der Waals surface area (Å²) in [5, 5.41) is 4.11. The van der Waals surface area contributed by atoms with Gasteiger partial charge in [0.1, 0.15) is 5.78 Å². The van der Waals surface area contributed by atoms with E-state index in [1.807, 2.05) is 6.92 Å². The van der Waals surface area contributed by atoms with Crippen LogP contribution in [-0.4, -0.2) is 59.5 Å². The molecule has 1 fully saturated rings. The Hall–Kier alpha value is -1.27. The highest BCUT2D eigenvalue weighted by Gasteiger charge is 2.28. The fourth-order valence-electron chi connectivity index (χ4n) is 2.71. The number of carbonyl (C=O) groups excluding carboxylic acids is 1. The van der Waals surface area contributed by atoms with Gasteiger partial charge >= 0.3 is 0 Å². The van der Waals surface area contributed by atoms with Crippen LogP contribution >= 0.6 is 0 Å². The first-order valence-electron chi connectivity index (χ1n) is 7.25. The SMILES string of the molecule is CCC(C(C)=O)c1nc(C2CN(C)CCCN2C)no1. The highest BCUT2D eigenvalue weighted by atomic mass is 16.5. The molecule has 2 heterocycles. The lowest BCUT2D eigenvalue weighted by Gasteiger charge is -2.24. The van der Waals surface area contributed by atoms with Gasteiger partial charge < -0.3 is 9.42 Å². The third kappa shape index (κ3) is 3.24. The van der Waals surface area contributed by atoms with E-state index in [2.05, 4.69) is 34.0 Å². The molecule has 1 aromatic rings. The molecule has 0 amide bonds. The molecule has 1 saturated heterocycles. The van der Waals surface area contributed by atoms with Crippen LogP contribution in [0.5, 0.6) is 0 Å². The molecule has 6 nitrogen and oxygen atoms in total. The Labute approximate surface area is 120 Å². The van der Waals surface area contributed by atoms with E-state index in [9.17, 15) is 4.79 Å². The predicted molar refractivity (Wildman–Crippen MR) is 75.5 cm³/mol. The molecule has 1 aromatic heterocycles. The maximum absolute atomic E-state index is 11.6. The number of Topliss-reactive ketones (excluding diaryl/α,β-unsaturated/α-hetero) is 1. The monoisotopic (exact) mass is 280 g/mol. The Morgan fingerprint density at radius 1 is 1.45 bits per heavy atom. The number of nitrogens with zero attached hydrogens (tertiary/aromatic N) is 4. The molecule has 6 heteroatoms. The average Bonchev–Trinajstić information content (AvgIpc) is 2.78. The second-order valence-corrected chi connectivity index (χ2v) is 5.67. The Bertz CT molecular complexity index is 460. The van der Waals surface area contributed by atoms with Crippen LogP contribution in [-0.2, 0) is 4.79 Å². The molecule has 112 valence electrons. The van der Waals surface area contributed by atoms with E-state index in [0.717, 1.165) is 26.1 Å². The van der Waals surface area contributed by atoms with Crippen LogP contribution in [0.2, 0.25) is 0 Å². The summed E-state index contributed by atoms with van der Waals surface area (Å²) in [5.41, 5.74) is 0. The maximum atomic E-state index is 11.6. The van der Waals surface area contributed by atoms with Crippen molar-refractivity contribution in [2.75, 3.05) is 33.7 Å². The van der Waals surface area contributed by atoms with Gasteiger partial charge in [-0.3, -0.25) is 9.69 Å². The first-order valence-corrected chi connectivity index (χ1v) is 7.25. The molecule has 1 aliphatic rings. The lowest BCUT2D eigenvalue weighted by molar-refractivity contribution is -0.119. The molecule has 0 radical (unpaired) electrons. The van der Waals surface area contributed by atoms with Gasteiger partial charge in [0.15, 0.2) is 5.82 Å². The van der Waals surface area contributed by atoms with Gasteiger partial charge in [-0.15, -0.1) is 0 Å². The highest BCUT2D eigenvalue weighted by Crippen LogP contribution is 2.24. The van der Waals surface area contributed by atoms with Gasteiger partial charge in [-0.2, -0.15) is 4.98 Å². The van der Waals surface area contributed by atoms with Gasteiger partial charge in [0, 0.05) is 6.54 Å². The van der Waals surface area contributed by atoms with Crippen LogP contribution in [0.15, 0.2) is 4.52 Å². The number of hydrogen-bond acceptors (Lipinski definition) is 6. The number of ketones is 1. The van der Waals surface area contributed by atoms with Crippen molar-refractivity contribution in [3.8, 4) is 0 Å². The molecule has 20 heavy (non-hydrogen) atoms. The van der Waals surface area contributed by atoms with E-state index in [0.29, 0.717) is 18.1 Å². The Morgan fingerprint density at radius 2 is 2.20 bits per heavy atom. The zero-order valence-corrected chi connectivity index (χ0v) is 12.8. The van der Waals surface area contributed by atoms with E-state index in [-0.39, 0.29) is 17.7 Å². The highest BCUT2D eigenvalue weighted by molar-refractivity contribution is 5.82. The molecule has 2 unspecified atom stereocenters. The fraction of sp³-hybridized carbons (Fsp3) is 0.786. The smallest absolute Gasteiger partial charge is 0.237 e. The van der Waals surface area contributed by atoms with Crippen molar-refractivity contribution in [3.63, 3.8) is 0 Å². The van der Waals surface area contributed by atoms with Crippen molar-refractivity contribution >= 4 is 5.78 Å². The van der Waals surface area contributed by atoms with Crippen molar-refractivity contribution in [2.45, 2.75) is 38.6 Å². The summed E-state index contributed by atoms with van der Waals surface area (Å²) in [6.07, 6.45) is 1.83. The second kappa shape index (κ2) is 6.45. The van der Waals surface area contributed by atoms with Crippen molar-refractivity contribution in [3.05, 3.63) is 11.7 Å². The average molecular weight is 280 g/mol. The normalized spacial score (nSPS) is 23.5. The van der Waals surface area contributed by atoms with Crippen LogP contribution in [0.4, 0.5) is 0 Å². The largest absolute Gasteiger partial charge is 0.338 e. The van der Waals surface area contributed by atoms with Crippen LogP contribution in [0.3, 0.4) is 0 Å². The third-order valence-electron chi connectivity index (χ3n) is 4.02. The predicted octanol–water partition coefficient (Wildman–Crippen LogP) is 1.46. The molecular formula is C14H24N4O2. The van der Waals surface area contributed by atoms with Crippen molar-refractivity contribution in [1.82, 2.24) is 19.9 Å². The minimum absolute atomic E-state index is 0.0778. The number of hydrogen-bond donors (Lipinski definition) is 0. The van der Waals surface area contributed by atoms with Gasteiger partial charge in [-0.25, -0.2) is 0 Å². The Morgan fingerprint density at radius 3 is 2.85 bits per heavy atom. The third-order valence-corrected chi connectivity index (χ3v) is 4.02. The molecule has 0 aliphatic carbocycles. The minimum Gasteiger partial charge on any atom is -0.338 e. The lowest BCUT2D eigenvalue weighted by atomic mass is 10.0. The zero-order valence-electron chi connectivity index (χ0n) is 12.8. The lowest BCUT2D eigenvalue weighted by Crippen LogP contribution is -2.31. The van der Waals surface area contributed by atoms with Crippen molar-refractivity contribution in [1.29, 1.82) is 0 Å². The number of aromatic nitrogens is 2. The van der Waals surface area contributed by atoms with Gasteiger partial charge in [0.25, 0.3) is 0 Å². The van der Waals surface area contributed by atoms with Gasteiger partial charge in [0.2, 0.25) is 5.89 Å². The van der Waals surface area contributed by atoms with Gasteiger partial charge in [0.05, 0.1) is 12.0 Å². The molecule has 0 spiro atoms. The summed E-state index contributed by atoms with van der Waals surface area (Å²) >= 11 is 0. The molecule has 2 atom stereocenters. The van der Waals surface area contributed by atoms with Crippen molar-refractivity contribution in [2.24, 2.45) is 0 Å². The van der Waals surface area contributed by atoms with Crippen LogP contribution < -0.4 is 0 Å². The second-order valence-electron chi connectivity index (χ2n) is 5.67. The quantitative estimate of drug-likeness (QED) is 0.832. The van der Waals surface area contributed by atoms with E-state index >= 15 is 0 Å². The molecule has 0 N–H and O–H groups in total. The Balaban J connectivity index is 2.20. The molecule has 2 rings (SSSR count). The molecule has 0 aromatic carbocycles. The number of carbonyl (C=O) groups is 1. The topological polar surface area (TPSA) is 62.5 Å². The minimum atomic E-state index is -0.273. The van der Waals surface area contributed by atoms with E-state index < -0.39 is 0 Å². The summed E-state index contributed by atoms with van der Waals surface area (Å²) in [6.45, 7) is 6.51. The summed E-state index contributed by atoms with van der Waals surface area (Å²) in [4.78, 5) is 20.6. The van der Waals surface area contributed by atoms with E-state index in [4.69, 9.17) is 4.52 Å². The molecular weight excluding hydrogens is 256 g/mol. The van der Waals surface area contributed by atoms with Crippen LogP contribution in [0, 0.1) is 0 Å². The standard InChI is InChI=1S/C14H24N4O2/c1-5-11(10(2)19)14-15-13(16-20-14)12-9-17(3)7-6-8-18(12)4/h11-12H,5-9H2,1-4H3. The summed E-state index contributed by atoms with van der Waals surface area (Å²) in [6, 6.07) is 0.129. The Kier molecular flexibility index (Phi) is 4.88. The van der Waals surface area contributed by atoms with Crippen LogP contribution in [0.1, 0.15) is 50.4 Å². The summed E-state index contributed by atoms with van der Waals surface area (Å²) < 4.78 is 5.33. The molecule has 1 aliphatic heterocycles. The van der Waals surface area contributed by atoms with E-state index in [1.165, 1.54) is 0 Å². The number of likely N-dealkylation sites (N-methyl/N-ethyl adjacent to an activating group) is 2. The maximum Gasteiger partial charge on any atom is 0.237 e.